The molecule has 0 saturated carbocycles. The summed E-state index contributed by atoms with van der Waals surface area (Å²) in [6, 6.07) is 52.4. The molecule has 478 valence electrons. The van der Waals surface area contributed by atoms with Gasteiger partial charge in [0.05, 0.1) is 110 Å². The van der Waals surface area contributed by atoms with Gasteiger partial charge in [-0.2, -0.15) is 0 Å². The normalized spacial score (nSPS) is 10.3. The third-order valence-electron chi connectivity index (χ3n) is 8.80. The number of rotatable bonds is 24. The van der Waals surface area contributed by atoms with Gasteiger partial charge >= 0.3 is 0 Å². The summed E-state index contributed by atoms with van der Waals surface area (Å²) in [6.45, 7) is 47.8. The average molecular weight is 1610 g/mol. The van der Waals surface area contributed by atoms with E-state index in [2.05, 4.69) is 36.4 Å². The van der Waals surface area contributed by atoms with Crippen LogP contribution in [0.5, 0.6) is 69.0 Å². The zero-order chi connectivity index (χ0) is 63.3. The van der Waals surface area contributed by atoms with E-state index in [1.807, 2.05) is 275 Å². The Morgan fingerprint density at radius 2 is 0.253 bits per heavy atom. The number of hydrogen-bond acceptors (Lipinski definition) is 12. The van der Waals surface area contributed by atoms with Crippen LogP contribution in [0.2, 0.25) is 0 Å². The molecule has 6 rings (SSSR count). The maximum Gasteiger partial charge on any atom is 0.131 e. The summed E-state index contributed by atoms with van der Waals surface area (Å²) in [5, 5.41) is 0. The Morgan fingerprint density at radius 1 is 0.184 bits per heavy atom. The van der Waals surface area contributed by atoms with Crippen LogP contribution in [0.4, 0.5) is 0 Å². The van der Waals surface area contributed by atoms with Gasteiger partial charge in [0.1, 0.15) is 69.0 Å². The average Bonchev–Trinajstić information content (AvgIpc) is 3.52. The number of hydrogen-bond donors (Lipinski definition) is 0. The topological polar surface area (TPSA) is 111 Å². The van der Waals surface area contributed by atoms with E-state index in [9.17, 15) is 0 Å². The SMILES string of the molecule is CC(C)Oc1[c]c(OC(C)C)ccc1.CC(C)Oc1[c]c(OC(C)C)ccc1.CC(C)Oc1[c]c(OC(C)C)ccc1.CC(C)Oc1[c]c(OC(C)C)ccc1.CC(C)Oc1[c]c(OC(C)C)ccc1.CC(C)Oc1[c]c(OC(C)C)ccc1.[HH].[HH].[Pb].[Sn].[Sn]. The molecule has 0 aliphatic rings. The van der Waals surface area contributed by atoms with Crippen molar-refractivity contribution in [2.75, 3.05) is 0 Å². The van der Waals surface area contributed by atoms with Gasteiger partial charge in [0.2, 0.25) is 0 Å². The second-order valence-electron chi connectivity index (χ2n) is 22.3. The first kappa shape index (κ1) is 86.6. The van der Waals surface area contributed by atoms with Gasteiger partial charge in [-0.15, -0.1) is 0 Å². The second-order valence-corrected chi connectivity index (χ2v) is 22.3. The number of ether oxygens (including phenoxy) is 12. The predicted molar refractivity (Wildman–Crippen MR) is 362 cm³/mol. The summed E-state index contributed by atoms with van der Waals surface area (Å²) >= 11 is 0. The molecule has 0 unspecified atom stereocenters. The molecule has 18 radical (unpaired) electrons. The van der Waals surface area contributed by atoms with Crippen molar-refractivity contribution in [3.8, 4) is 69.0 Å². The Hall–Kier alpha value is -4.56. The Morgan fingerprint density at radius 3 is 0.310 bits per heavy atom. The van der Waals surface area contributed by atoms with E-state index in [4.69, 9.17) is 56.8 Å². The summed E-state index contributed by atoms with van der Waals surface area (Å²) in [5.74, 6) is 8.81. The molecule has 0 bridgehead atoms. The van der Waals surface area contributed by atoms with Gasteiger partial charge in [-0.05, 0) is 239 Å². The minimum atomic E-state index is 0. The van der Waals surface area contributed by atoms with E-state index in [1.54, 1.807) is 0 Å². The fourth-order valence-electron chi connectivity index (χ4n) is 6.44. The van der Waals surface area contributed by atoms with Crippen molar-refractivity contribution in [1.29, 1.82) is 0 Å². The quantitative estimate of drug-likeness (QED) is 0.0538. The van der Waals surface area contributed by atoms with Crippen LogP contribution in [0.3, 0.4) is 0 Å². The maximum atomic E-state index is 5.50. The molecular formula is C72H106O12PbSn2. The molecule has 0 spiro atoms. The monoisotopic (exact) mass is 1610 g/mol. The van der Waals surface area contributed by atoms with E-state index in [0.717, 1.165) is 69.0 Å². The number of benzene rings is 6. The summed E-state index contributed by atoms with van der Waals surface area (Å²) in [6.07, 6.45) is 2.01. The largest absolute Gasteiger partial charge is 0.490 e. The molecule has 0 amide bonds. The predicted octanol–water partition coefficient (Wildman–Crippen LogP) is 17.7. The minimum absolute atomic E-state index is 0. The van der Waals surface area contributed by atoms with Crippen LogP contribution in [0.25, 0.3) is 0 Å². The molecule has 6 aromatic rings. The first-order chi connectivity index (χ1) is 39.5. The summed E-state index contributed by atoms with van der Waals surface area (Å²) in [7, 11) is 0. The summed E-state index contributed by atoms with van der Waals surface area (Å²) < 4.78 is 66.0. The van der Waals surface area contributed by atoms with Gasteiger partial charge in [-0.1, -0.05) is 36.4 Å². The van der Waals surface area contributed by atoms with Crippen molar-refractivity contribution in [2.24, 2.45) is 0 Å². The van der Waals surface area contributed by atoms with Crippen LogP contribution < -0.4 is 56.8 Å². The van der Waals surface area contributed by atoms with Crippen LogP contribution in [0.15, 0.2) is 109 Å². The van der Waals surface area contributed by atoms with Crippen LogP contribution in [-0.2, 0) is 0 Å². The van der Waals surface area contributed by atoms with Gasteiger partial charge in [0.15, 0.2) is 0 Å². The Bertz CT molecular complexity index is 2020. The fourth-order valence-corrected chi connectivity index (χ4v) is 6.44. The smallest absolute Gasteiger partial charge is 0.131 e. The second kappa shape index (κ2) is 49.2. The molecule has 0 aliphatic heterocycles. The van der Waals surface area contributed by atoms with Gasteiger partial charge in [-0.25, -0.2) is 0 Å². The van der Waals surface area contributed by atoms with E-state index >= 15 is 0 Å². The zero-order valence-corrected chi connectivity index (χ0v) is 66.3. The Labute approximate surface area is 584 Å². The molecule has 87 heavy (non-hydrogen) atoms. The van der Waals surface area contributed by atoms with Crippen LogP contribution in [0.1, 0.15) is 169 Å². The van der Waals surface area contributed by atoms with Crippen molar-refractivity contribution in [1.82, 2.24) is 0 Å². The Kier molecular flexibility index (Phi) is 49.0. The van der Waals surface area contributed by atoms with Crippen molar-refractivity contribution >= 4 is 75.1 Å². The molecule has 0 heterocycles. The third-order valence-corrected chi connectivity index (χ3v) is 8.80. The molecule has 15 heteroatoms. The standard InChI is InChI=1S/6C12H17O2.Pb.2Sn.2H2/c6*1-9(2)13-11-6-5-7-12(8-11)14-10(3)4;;;;;/h6*5-7,9-10H,1-4H3;;;;2*1H. The van der Waals surface area contributed by atoms with Gasteiger partial charge in [-0.3, -0.25) is 0 Å². The first-order valence-electron chi connectivity index (χ1n) is 29.6. The van der Waals surface area contributed by atoms with E-state index in [-0.39, 0.29) is 151 Å². The fraction of sp³-hybridized carbons (Fsp3) is 0.500. The van der Waals surface area contributed by atoms with Crippen molar-refractivity contribution < 1.29 is 59.7 Å². The molecule has 12 nitrogen and oxygen atoms in total. The molecule has 0 aliphatic carbocycles. The van der Waals surface area contributed by atoms with Crippen LogP contribution in [0, 0.1) is 36.4 Å². The van der Waals surface area contributed by atoms with Gasteiger partial charge in [0.25, 0.3) is 0 Å². The Balaban J connectivity index is -0.000000314. The van der Waals surface area contributed by atoms with Gasteiger partial charge in [0, 0.05) is 78.0 Å². The van der Waals surface area contributed by atoms with Crippen LogP contribution >= 0.6 is 0 Å². The summed E-state index contributed by atoms with van der Waals surface area (Å²) in [5.41, 5.74) is 0. The van der Waals surface area contributed by atoms with E-state index in [0.29, 0.717) is 0 Å². The van der Waals surface area contributed by atoms with Gasteiger partial charge < -0.3 is 56.8 Å². The van der Waals surface area contributed by atoms with E-state index in [1.165, 1.54) is 0 Å². The first-order valence-corrected chi connectivity index (χ1v) is 29.6. The van der Waals surface area contributed by atoms with Crippen LogP contribution in [-0.4, -0.2) is 148 Å². The molecule has 0 atom stereocenters. The molecule has 0 saturated heterocycles. The molecule has 0 N–H and O–H groups in total. The van der Waals surface area contributed by atoms with Crippen molar-refractivity contribution in [3.63, 3.8) is 0 Å². The zero-order valence-electron chi connectivity index (χ0n) is 56.7. The van der Waals surface area contributed by atoms with Crippen molar-refractivity contribution in [2.45, 2.75) is 239 Å². The molecular weight excluding hydrogens is 1500 g/mol. The summed E-state index contributed by atoms with van der Waals surface area (Å²) in [4.78, 5) is 0. The maximum absolute atomic E-state index is 5.50. The molecule has 0 fully saturated rings. The molecule has 0 aromatic heterocycles. The van der Waals surface area contributed by atoms with Crippen molar-refractivity contribution in [3.05, 3.63) is 146 Å². The molecule has 6 aromatic carbocycles. The van der Waals surface area contributed by atoms with E-state index < -0.39 is 0 Å². The third kappa shape index (κ3) is 48.0. The minimum Gasteiger partial charge on any atom is -0.490 e.